The fraction of sp³-hybridized carbons (Fsp3) is 0.488. The number of aryl methyl sites for hydroxylation is 3. The molecule has 0 radical (unpaired) electrons. The molecule has 2 aromatic rings. The summed E-state index contributed by atoms with van der Waals surface area (Å²) >= 11 is 0. The van der Waals surface area contributed by atoms with Crippen molar-refractivity contribution in [3.63, 3.8) is 0 Å². The van der Waals surface area contributed by atoms with E-state index in [-0.39, 0.29) is 10.8 Å². The summed E-state index contributed by atoms with van der Waals surface area (Å²) in [5, 5.41) is 0. The standard InChI is InChI=1S/C38H51NO.C3H8/c1-10-17-32(40)19-14-12-16-25-39-35-24-22-29(3)27-34(35)38(8,9)36(39)20-15-11-13-18-31(5)37(6,7)33-26-28(2)21-23-30(33)4;1-3-2/h11,13,15,18,20-24,26-27H,5,10,12,14,16-17,19,25H2,1-4,6-9H3;3H2,1-2H3/b15-11+,18-13+,36-20-;. The van der Waals surface area contributed by atoms with Crippen LogP contribution in [0.4, 0.5) is 5.69 Å². The molecule has 0 N–H and O–H groups in total. The second-order valence-corrected chi connectivity index (χ2v) is 13.4. The first-order chi connectivity index (χ1) is 20.3. The lowest BCUT2D eigenvalue weighted by Gasteiger charge is -2.28. The fourth-order valence-electron chi connectivity index (χ4n) is 5.88. The van der Waals surface area contributed by atoms with Crippen LogP contribution in [0.15, 0.2) is 84.6 Å². The minimum Gasteiger partial charge on any atom is -0.344 e. The normalized spacial score (nSPS) is 15.2. The molecule has 1 heterocycles. The zero-order valence-electron chi connectivity index (χ0n) is 29.1. The molecular formula is C41H59NO. The smallest absolute Gasteiger partial charge is 0.132 e. The van der Waals surface area contributed by atoms with Crippen LogP contribution in [-0.2, 0) is 15.6 Å². The molecule has 2 heteroatoms. The summed E-state index contributed by atoms with van der Waals surface area (Å²) in [6, 6.07) is 13.5. The quantitative estimate of drug-likeness (QED) is 0.173. The van der Waals surface area contributed by atoms with E-state index in [0.717, 1.165) is 50.6 Å². The number of rotatable bonds is 13. The number of fused-ring (bicyclic) bond motifs is 1. The molecule has 234 valence electrons. The Kier molecular flexibility index (Phi) is 14.0. The van der Waals surface area contributed by atoms with Gasteiger partial charge in [0, 0.05) is 41.6 Å². The molecule has 43 heavy (non-hydrogen) atoms. The van der Waals surface area contributed by atoms with E-state index in [0.29, 0.717) is 5.78 Å². The molecule has 0 aliphatic carbocycles. The van der Waals surface area contributed by atoms with Gasteiger partial charge in [-0.1, -0.05) is 134 Å². The molecule has 1 aliphatic rings. The first-order valence-electron chi connectivity index (χ1n) is 16.5. The highest BCUT2D eigenvalue weighted by Gasteiger charge is 2.39. The van der Waals surface area contributed by atoms with Gasteiger partial charge in [0.1, 0.15) is 5.78 Å². The average molecular weight is 582 g/mol. The Labute approximate surface area is 264 Å². The molecule has 0 atom stereocenters. The van der Waals surface area contributed by atoms with Crippen molar-refractivity contribution >= 4 is 11.5 Å². The van der Waals surface area contributed by atoms with Gasteiger partial charge in [-0.05, 0) is 74.4 Å². The highest BCUT2D eigenvalue weighted by molar-refractivity contribution is 5.78. The number of unbranched alkanes of at least 4 members (excludes halogenated alkanes) is 2. The van der Waals surface area contributed by atoms with Gasteiger partial charge >= 0.3 is 0 Å². The minimum absolute atomic E-state index is 0.0687. The van der Waals surface area contributed by atoms with Crippen molar-refractivity contribution in [3.05, 3.63) is 112 Å². The maximum Gasteiger partial charge on any atom is 0.132 e. The lowest BCUT2D eigenvalue weighted by molar-refractivity contribution is -0.119. The van der Waals surface area contributed by atoms with Crippen LogP contribution in [0.25, 0.3) is 0 Å². The van der Waals surface area contributed by atoms with Gasteiger partial charge in [0.2, 0.25) is 0 Å². The average Bonchev–Trinajstić information content (AvgIpc) is 3.15. The van der Waals surface area contributed by atoms with Crippen molar-refractivity contribution in [2.24, 2.45) is 0 Å². The van der Waals surface area contributed by atoms with E-state index in [1.165, 1.54) is 45.6 Å². The third-order valence-electron chi connectivity index (χ3n) is 8.56. The Bertz CT molecular complexity index is 1320. The molecule has 0 amide bonds. The Morgan fingerprint density at radius 2 is 1.53 bits per heavy atom. The lowest BCUT2D eigenvalue weighted by atomic mass is 9.76. The summed E-state index contributed by atoms with van der Waals surface area (Å²) < 4.78 is 0. The van der Waals surface area contributed by atoms with Crippen LogP contribution in [0, 0.1) is 20.8 Å². The van der Waals surface area contributed by atoms with Crippen molar-refractivity contribution in [1.29, 1.82) is 0 Å². The van der Waals surface area contributed by atoms with E-state index >= 15 is 0 Å². The highest BCUT2D eigenvalue weighted by Crippen LogP contribution is 2.48. The molecule has 1 aliphatic heterocycles. The van der Waals surface area contributed by atoms with Gasteiger partial charge in [-0.25, -0.2) is 0 Å². The summed E-state index contributed by atoms with van der Waals surface area (Å²) in [5.74, 6) is 0.407. The number of hydrogen-bond acceptors (Lipinski definition) is 2. The molecule has 3 rings (SSSR count). The summed E-state index contributed by atoms with van der Waals surface area (Å²) in [4.78, 5) is 14.4. The van der Waals surface area contributed by atoms with Crippen molar-refractivity contribution in [1.82, 2.24) is 0 Å². The van der Waals surface area contributed by atoms with Crippen molar-refractivity contribution in [2.45, 2.75) is 125 Å². The number of hydrogen-bond donors (Lipinski definition) is 0. The van der Waals surface area contributed by atoms with E-state index in [1.54, 1.807) is 0 Å². The van der Waals surface area contributed by atoms with Gasteiger partial charge in [0.15, 0.2) is 0 Å². The predicted octanol–water partition coefficient (Wildman–Crippen LogP) is 11.6. The number of benzene rings is 2. The Morgan fingerprint density at radius 3 is 2.21 bits per heavy atom. The van der Waals surface area contributed by atoms with Crippen molar-refractivity contribution in [3.8, 4) is 0 Å². The third kappa shape index (κ3) is 9.68. The topological polar surface area (TPSA) is 20.3 Å². The number of Topliss-reactive ketones (excluding diaryl/α,β-unsaturated/α-hetero) is 1. The van der Waals surface area contributed by atoms with Crippen LogP contribution in [0.2, 0.25) is 0 Å². The molecular weight excluding hydrogens is 522 g/mol. The van der Waals surface area contributed by atoms with Crippen LogP contribution >= 0.6 is 0 Å². The predicted molar refractivity (Wildman–Crippen MR) is 190 cm³/mol. The molecule has 0 spiro atoms. The number of anilines is 1. The molecule has 0 saturated carbocycles. The van der Waals surface area contributed by atoms with Crippen LogP contribution < -0.4 is 4.90 Å². The monoisotopic (exact) mass is 581 g/mol. The SMILES string of the molecule is C=C(/C=C/C=C/C=C1\N(CCCCCC(=O)CCC)c2ccc(C)cc2C1(C)C)C(C)(C)c1cc(C)ccc1C.CCC. The Balaban J connectivity index is 0.00000206. The van der Waals surface area contributed by atoms with Crippen molar-refractivity contribution in [2.75, 3.05) is 11.4 Å². The van der Waals surface area contributed by atoms with Gasteiger partial charge in [-0.2, -0.15) is 0 Å². The van der Waals surface area contributed by atoms with Gasteiger partial charge in [-0.15, -0.1) is 0 Å². The summed E-state index contributed by atoms with van der Waals surface area (Å²) in [5.41, 5.74) is 10.1. The molecule has 0 aromatic heterocycles. The van der Waals surface area contributed by atoms with E-state index < -0.39 is 0 Å². The number of carbonyl (C=O) groups is 1. The van der Waals surface area contributed by atoms with Gasteiger partial charge in [0.05, 0.1) is 0 Å². The number of allylic oxidation sites excluding steroid dienone is 7. The van der Waals surface area contributed by atoms with Crippen LogP contribution in [0.3, 0.4) is 0 Å². The molecule has 0 unspecified atom stereocenters. The second kappa shape index (κ2) is 16.6. The fourth-order valence-corrected chi connectivity index (χ4v) is 5.88. The minimum atomic E-state index is -0.135. The van der Waals surface area contributed by atoms with Crippen LogP contribution in [-0.4, -0.2) is 12.3 Å². The van der Waals surface area contributed by atoms with E-state index in [1.807, 2.05) is 0 Å². The highest BCUT2D eigenvalue weighted by atomic mass is 16.1. The summed E-state index contributed by atoms with van der Waals surface area (Å²) in [6.45, 7) is 27.4. The number of carbonyl (C=O) groups excluding carboxylic acids is 1. The molecule has 2 nitrogen and oxygen atoms in total. The largest absolute Gasteiger partial charge is 0.344 e. The second-order valence-electron chi connectivity index (χ2n) is 13.4. The number of nitrogens with zero attached hydrogens (tertiary/aromatic N) is 1. The van der Waals surface area contributed by atoms with Crippen molar-refractivity contribution < 1.29 is 4.79 Å². The third-order valence-corrected chi connectivity index (χ3v) is 8.56. The zero-order valence-corrected chi connectivity index (χ0v) is 29.1. The Hall–Kier alpha value is -3.13. The van der Waals surface area contributed by atoms with Crippen LogP contribution in [0.5, 0.6) is 0 Å². The zero-order chi connectivity index (χ0) is 32.2. The Morgan fingerprint density at radius 1 is 0.884 bits per heavy atom. The summed E-state index contributed by atoms with van der Waals surface area (Å²) in [7, 11) is 0. The van der Waals surface area contributed by atoms with E-state index in [4.69, 9.17) is 0 Å². The van der Waals surface area contributed by atoms with Gasteiger partial charge in [0.25, 0.3) is 0 Å². The number of ketones is 1. The molecule has 0 fully saturated rings. The first kappa shape index (κ1) is 36.1. The van der Waals surface area contributed by atoms with Crippen LogP contribution in [0.1, 0.15) is 121 Å². The van der Waals surface area contributed by atoms with E-state index in [9.17, 15) is 4.79 Å². The van der Waals surface area contributed by atoms with Gasteiger partial charge < -0.3 is 4.90 Å². The van der Waals surface area contributed by atoms with Gasteiger partial charge in [-0.3, -0.25) is 4.79 Å². The maximum atomic E-state index is 11.9. The molecule has 2 aromatic carbocycles. The van der Waals surface area contributed by atoms with E-state index in [2.05, 4.69) is 147 Å². The molecule has 0 bridgehead atoms. The summed E-state index contributed by atoms with van der Waals surface area (Å²) in [6.07, 6.45) is 17.6. The lowest BCUT2D eigenvalue weighted by Crippen LogP contribution is -2.27. The molecule has 0 saturated heterocycles. The first-order valence-corrected chi connectivity index (χ1v) is 16.5. The maximum absolute atomic E-state index is 11.9.